The minimum atomic E-state index is -1.19. The summed E-state index contributed by atoms with van der Waals surface area (Å²) in [4.78, 5) is 9.49. The van der Waals surface area contributed by atoms with Crippen LogP contribution in [0.5, 0.6) is 0 Å². The molecule has 0 atom stereocenters. The first-order chi connectivity index (χ1) is 7.52. The Bertz CT molecular complexity index is 369. The molecule has 1 aromatic rings. The number of aliphatic carboxylic acids is 1. The zero-order valence-corrected chi connectivity index (χ0v) is 12.4. The van der Waals surface area contributed by atoms with Gasteiger partial charge in [-0.2, -0.15) is 0 Å². The van der Waals surface area contributed by atoms with Crippen molar-refractivity contribution in [2.75, 3.05) is 0 Å². The Kier molecular flexibility index (Phi) is 10.8. The van der Waals surface area contributed by atoms with E-state index in [2.05, 4.69) is 19.7 Å². The third kappa shape index (κ3) is 7.75. The van der Waals surface area contributed by atoms with Crippen LogP contribution in [0.1, 0.15) is 18.1 Å². The maximum Gasteiger partial charge on any atom is 1.00 e. The van der Waals surface area contributed by atoms with E-state index in [1.165, 1.54) is 6.92 Å². The van der Waals surface area contributed by atoms with Crippen LogP contribution in [-0.2, 0) is 4.79 Å². The van der Waals surface area contributed by atoms with Crippen LogP contribution in [0.2, 0.25) is 0 Å². The van der Waals surface area contributed by atoms with Gasteiger partial charge in [0.1, 0.15) is 0 Å². The number of benzene rings is 1. The molecule has 0 aliphatic carbocycles. The number of carboxylic acids is 1. The van der Waals surface area contributed by atoms with E-state index in [-0.39, 0.29) is 35.1 Å². The van der Waals surface area contributed by atoms with Crippen molar-refractivity contribution in [2.45, 2.75) is 6.92 Å². The smallest absolute Gasteiger partial charge is 0.545 e. The third-order valence-electron chi connectivity index (χ3n) is 1.78. The van der Waals surface area contributed by atoms with Gasteiger partial charge in [0.25, 0.3) is 0 Å². The molecule has 1 aromatic carbocycles. The predicted molar refractivity (Wildman–Crippen MR) is 66.4 cm³/mol. The summed E-state index contributed by atoms with van der Waals surface area (Å²) in [7, 11) is 0. The molecule has 0 saturated heterocycles. The van der Waals surface area contributed by atoms with Gasteiger partial charge in [0, 0.05) is 0 Å². The molecule has 0 saturated carbocycles. The molecular formula is C14H15NaO2. The van der Waals surface area contributed by atoms with E-state index < -0.39 is 5.97 Å². The van der Waals surface area contributed by atoms with Crippen LogP contribution in [0.25, 0.3) is 12.2 Å². The van der Waals surface area contributed by atoms with Crippen LogP contribution in [0.4, 0.5) is 0 Å². The summed E-state index contributed by atoms with van der Waals surface area (Å²) in [6.45, 7) is 11.9. The van der Waals surface area contributed by atoms with Crippen molar-refractivity contribution >= 4 is 18.1 Å². The molecule has 0 aromatic heterocycles. The molecule has 0 heterocycles. The molecule has 17 heavy (non-hydrogen) atoms. The summed E-state index contributed by atoms with van der Waals surface area (Å²) in [6.07, 6.45) is 3.66. The Morgan fingerprint density at radius 1 is 1.18 bits per heavy atom. The molecule has 3 heteroatoms. The Hall–Kier alpha value is -1.09. The van der Waals surface area contributed by atoms with Crippen molar-refractivity contribution in [3.63, 3.8) is 0 Å². The molecule has 2 nitrogen and oxygen atoms in total. The molecule has 0 aliphatic rings. The molecule has 84 valence electrons. The van der Waals surface area contributed by atoms with Crippen LogP contribution < -0.4 is 34.7 Å². The van der Waals surface area contributed by atoms with Crippen LogP contribution in [0.15, 0.2) is 49.6 Å². The molecule has 0 radical (unpaired) electrons. The number of hydrogen-bond donors (Lipinski definition) is 0. The normalized spacial score (nSPS) is 7.82. The van der Waals surface area contributed by atoms with E-state index in [4.69, 9.17) is 0 Å². The van der Waals surface area contributed by atoms with Gasteiger partial charge in [0.15, 0.2) is 0 Å². The van der Waals surface area contributed by atoms with Crippen molar-refractivity contribution in [1.82, 2.24) is 0 Å². The number of rotatable bonds is 3. The summed E-state index contributed by atoms with van der Waals surface area (Å²) in [5, 5.41) is 9.49. The first-order valence-electron chi connectivity index (χ1n) is 4.73. The minimum absolute atomic E-state index is 0. The summed E-state index contributed by atoms with van der Waals surface area (Å²) in [5.74, 6) is -1.19. The standard InChI is InChI=1S/C10H10.C4H6O2.Na/c1-3-9-7-5-6-8-10(9)4-2;1-3(2)4(5)6;/h3-8H,1-2H2;1H2,2H3,(H,5,6);/q;;+1/p-1. The third-order valence-corrected chi connectivity index (χ3v) is 1.78. The van der Waals surface area contributed by atoms with Crippen LogP contribution in [0, 0.1) is 0 Å². The number of carbonyl (C=O) groups excluding carboxylic acids is 1. The topological polar surface area (TPSA) is 40.1 Å². The van der Waals surface area contributed by atoms with Gasteiger partial charge < -0.3 is 9.90 Å². The molecule has 1 rings (SSSR count). The maximum absolute atomic E-state index is 9.49. The first kappa shape index (κ1) is 18.3. The number of carbonyl (C=O) groups is 1. The van der Waals surface area contributed by atoms with Crippen LogP contribution >= 0.6 is 0 Å². The molecule has 0 fully saturated rings. The van der Waals surface area contributed by atoms with Crippen molar-refractivity contribution in [2.24, 2.45) is 0 Å². The fourth-order valence-corrected chi connectivity index (χ4v) is 0.883. The van der Waals surface area contributed by atoms with E-state index in [0.717, 1.165) is 11.1 Å². The largest absolute Gasteiger partial charge is 1.00 e. The van der Waals surface area contributed by atoms with E-state index in [0.29, 0.717) is 0 Å². The zero-order valence-electron chi connectivity index (χ0n) is 10.4. The van der Waals surface area contributed by atoms with Gasteiger partial charge >= 0.3 is 29.6 Å². The van der Waals surface area contributed by atoms with Gasteiger partial charge in [-0.25, -0.2) is 0 Å². The van der Waals surface area contributed by atoms with E-state index in [9.17, 15) is 9.90 Å². The van der Waals surface area contributed by atoms with Crippen LogP contribution in [-0.4, -0.2) is 5.97 Å². The van der Waals surface area contributed by atoms with E-state index in [1.807, 2.05) is 36.4 Å². The van der Waals surface area contributed by atoms with Gasteiger partial charge in [-0.3, -0.25) is 0 Å². The molecule has 0 bridgehead atoms. The Balaban J connectivity index is 0. The summed E-state index contributed by atoms with van der Waals surface area (Å²) < 4.78 is 0. The second-order valence-electron chi connectivity index (χ2n) is 3.10. The molecule has 0 amide bonds. The minimum Gasteiger partial charge on any atom is -0.545 e. The Labute approximate surface area is 125 Å². The van der Waals surface area contributed by atoms with Crippen LogP contribution in [0.3, 0.4) is 0 Å². The molecular weight excluding hydrogens is 223 g/mol. The SMILES string of the molecule is C=C(C)C(=O)[O-].C=Cc1ccccc1C=C.[Na+]. The van der Waals surface area contributed by atoms with Gasteiger partial charge in [-0.15, -0.1) is 0 Å². The molecule has 0 aliphatic heterocycles. The fourth-order valence-electron chi connectivity index (χ4n) is 0.883. The number of carboxylic acid groups (broad SMARTS) is 1. The molecule has 0 N–H and O–H groups in total. The molecule has 0 spiro atoms. The average molecular weight is 238 g/mol. The predicted octanol–water partition coefficient (Wildman–Crippen LogP) is -0.711. The zero-order chi connectivity index (χ0) is 12.6. The molecule has 0 unspecified atom stereocenters. The second kappa shape index (κ2) is 10.1. The van der Waals surface area contributed by atoms with E-state index in [1.54, 1.807) is 0 Å². The second-order valence-corrected chi connectivity index (χ2v) is 3.10. The average Bonchev–Trinajstić information content (AvgIpc) is 2.29. The fraction of sp³-hybridized carbons (Fsp3) is 0.0714. The van der Waals surface area contributed by atoms with Crippen molar-refractivity contribution in [3.8, 4) is 0 Å². The summed E-state index contributed by atoms with van der Waals surface area (Å²) in [6, 6.07) is 8.02. The van der Waals surface area contributed by atoms with Gasteiger partial charge in [-0.1, -0.05) is 56.2 Å². The Morgan fingerprint density at radius 2 is 1.47 bits per heavy atom. The first-order valence-corrected chi connectivity index (χ1v) is 4.73. The van der Waals surface area contributed by atoms with Gasteiger partial charge in [0.05, 0.1) is 5.97 Å². The van der Waals surface area contributed by atoms with Gasteiger partial charge in [-0.05, 0) is 23.6 Å². The van der Waals surface area contributed by atoms with Crippen molar-refractivity contribution < 1.29 is 39.5 Å². The summed E-state index contributed by atoms with van der Waals surface area (Å²) in [5.41, 5.74) is 2.34. The van der Waals surface area contributed by atoms with Crippen molar-refractivity contribution in [1.29, 1.82) is 0 Å². The van der Waals surface area contributed by atoms with E-state index >= 15 is 0 Å². The van der Waals surface area contributed by atoms with Crippen molar-refractivity contribution in [3.05, 3.63) is 60.7 Å². The maximum atomic E-state index is 9.49. The summed E-state index contributed by atoms with van der Waals surface area (Å²) >= 11 is 0. The van der Waals surface area contributed by atoms with Gasteiger partial charge in [0.2, 0.25) is 0 Å². The number of hydrogen-bond acceptors (Lipinski definition) is 2. The quantitative estimate of drug-likeness (QED) is 0.515. The Morgan fingerprint density at radius 3 is 1.65 bits per heavy atom. The monoisotopic (exact) mass is 238 g/mol.